The number of hydrogen-bond donors (Lipinski definition) is 0. The summed E-state index contributed by atoms with van der Waals surface area (Å²) in [6, 6.07) is 7.38. The molecule has 0 N–H and O–H groups in total. The van der Waals surface area contributed by atoms with E-state index in [2.05, 4.69) is 0 Å². The van der Waals surface area contributed by atoms with E-state index in [0.29, 0.717) is 11.5 Å². The van der Waals surface area contributed by atoms with Crippen LogP contribution in [-0.2, 0) is 4.57 Å². The Morgan fingerprint density at radius 2 is 1.62 bits per heavy atom. The molecule has 1 aromatic rings. The Bertz CT molecular complexity index is 331. The molecule has 70 valence electrons. The van der Waals surface area contributed by atoms with Crippen LogP contribution in [0, 0.1) is 0 Å². The van der Waals surface area contributed by atoms with Gasteiger partial charge >= 0.3 is 0 Å². The maximum absolute atomic E-state index is 11.7. The zero-order valence-corrected chi connectivity index (χ0v) is 8.29. The van der Waals surface area contributed by atoms with E-state index in [1.165, 1.54) is 0 Å². The van der Waals surface area contributed by atoms with Crippen molar-refractivity contribution in [1.82, 2.24) is 0 Å². The molecule has 0 aliphatic carbocycles. The van der Waals surface area contributed by atoms with E-state index >= 15 is 0 Å². The van der Waals surface area contributed by atoms with Crippen LogP contribution in [0.3, 0.4) is 0 Å². The van der Waals surface area contributed by atoms with Crippen molar-refractivity contribution in [1.29, 1.82) is 0 Å². The summed E-state index contributed by atoms with van der Waals surface area (Å²) in [5.41, 5.74) is 0. The molecular weight excluding hydrogens is 187 g/mol. The number of benzene rings is 1. The molecule has 0 bridgehead atoms. The molecular formula is C9H11O3P. The fourth-order valence-electron chi connectivity index (χ4n) is 1.14. The average Bonchev–Trinajstić information content (AvgIpc) is 2.27. The normalized spacial score (nSPS) is 19.2. The lowest BCUT2D eigenvalue weighted by atomic mass is 10.3. The Kier molecular flexibility index (Phi) is 2.04. The van der Waals surface area contributed by atoms with Gasteiger partial charge in [-0.3, -0.25) is 0 Å². The van der Waals surface area contributed by atoms with E-state index in [1.54, 1.807) is 6.66 Å². The molecule has 3 nitrogen and oxygen atoms in total. The highest BCUT2D eigenvalue weighted by Crippen LogP contribution is 2.45. The first kappa shape index (κ1) is 8.64. The summed E-state index contributed by atoms with van der Waals surface area (Å²) >= 11 is 0. The maximum Gasteiger partial charge on any atom is 0.161 e. The van der Waals surface area contributed by atoms with Gasteiger partial charge in [-0.25, -0.2) is 0 Å². The second kappa shape index (κ2) is 3.08. The van der Waals surface area contributed by atoms with E-state index in [0.717, 1.165) is 0 Å². The van der Waals surface area contributed by atoms with Crippen molar-refractivity contribution in [2.24, 2.45) is 0 Å². The molecule has 0 fully saturated rings. The third-order valence-electron chi connectivity index (χ3n) is 1.84. The van der Waals surface area contributed by atoms with Crippen LogP contribution in [-0.4, -0.2) is 19.4 Å². The van der Waals surface area contributed by atoms with Crippen LogP contribution < -0.4 is 9.47 Å². The molecule has 0 atom stereocenters. The molecule has 0 aromatic heterocycles. The lowest BCUT2D eigenvalue weighted by Gasteiger charge is -2.06. The average molecular weight is 198 g/mol. The Balaban J connectivity index is 2.32. The summed E-state index contributed by atoms with van der Waals surface area (Å²) in [5, 5.41) is 0. The molecule has 0 saturated carbocycles. The number of fused-ring (bicyclic) bond motifs is 1. The second-order valence-corrected chi connectivity index (χ2v) is 6.40. The Hall–Kier alpha value is -0.950. The second-order valence-electron chi connectivity index (χ2n) is 3.29. The van der Waals surface area contributed by atoms with E-state index in [1.807, 2.05) is 24.3 Å². The molecule has 0 unspecified atom stereocenters. The van der Waals surface area contributed by atoms with Gasteiger partial charge in [0, 0.05) is 0 Å². The van der Waals surface area contributed by atoms with Crippen LogP contribution in [0.1, 0.15) is 0 Å². The van der Waals surface area contributed by atoms with Gasteiger partial charge in [-0.15, -0.1) is 0 Å². The van der Waals surface area contributed by atoms with Crippen molar-refractivity contribution in [2.75, 3.05) is 19.4 Å². The molecule has 4 heteroatoms. The van der Waals surface area contributed by atoms with E-state index in [4.69, 9.17) is 9.47 Å². The van der Waals surface area contributed by atoms with Gasteiger partial charge in [-0.05, 0) is 18.8 Å². The predicted molar refractivity (Wildman–Crippen MR) is 51.0 cm³/mol. The number of hydrogen-bond acceptors (Lipinski definition) is 3. The smallest absolute Gasteiger partial charge is 0.161 e. The van der Waals surface area contributed by atoms with Crippen molar-refractivity contribution >= 4 is 7.14 Å². The molecule has 13 heavy (non-hydrogen) atoms. The summed E-state index contributed by atoms with van der Waals surface area (Å²) in [4.78, 5) is 0. The van der Waals surface area contributed by atoms with Gasteiger partial charge in [0.05, 0.1) is 0 Å². The zero-order valence-electron chi connectivity index (χ0n) is 7.40. The fourth-order valence-corrected chi connectivity index (χ4v) is 2.04. The summed E-state index contributed by atoms with van der Waals surface area (Å²) in [7, 11) is -2.26. The van der Waals surface area contributed by atoms with Crippen LogP contribution in [0.2, 0.25) is 0 Å². The fraction of sp³-hybridized carbons (Fsp3) is 0.333. The van der Waals surface area contributed by atoms with Gasteiger partial charge in [0.25, 0.3) is 0 Å². The third-order valence-corrected chi connectivity index (χ3v) is 3.19. The highest BCUT2D eigenvalue weighted by molar-refractivity contribution is 7.62. The maximum atomic E-state index is 11.7. The molecule has 0 amide bonds. The van der Waals surface area contributed by atoms with Gasteiger partial charge in [0.2, 0.25) is 0 Å². The summed E-state index contributed by atoms with van der Waals surface area (Å²) in [5.74, 6) is 1.36. The first-order chi connectivity index (χ1) is 6.17. The predicted octanol–water partition coefficient (Wildman–Crippen LogP) is 2.37. The van der Waals surface area contributed by atoms with Crippen LogP contribution in [0.4, 0.5) is 0 Å². The van der Waals surface area contributed by atoms with Crippen molar-refractivity contribution in [3.8, 4) is 11.5 Å². The quantitative estimate of drug-likeness (QED) is 0.600. The minimum atomic E-state index is -2.26. The van der Waals surface area contributed by atoms with E-state index in [9.17, 15) is 4.57 Å². The van der Waals surface area contributed by atoms with Gasteiger partial charge in [0.1, 0.15) is 12.7 Å². The van der Waals surface area contributed by atoms with Crippen LogP contribution >= 0.6 is 7.14 Å². The summed E-state index contributed by atoms with van der Waals surface area (Å²) < 4.78 is 22.4. The SMILES string of the molecule is CP1(=O)COc2ccccc2OC1. The Labute approximate surface area is 77.0 Å². The lowest BCUT2D eigenvalue weighted by Crippen LogP contribution is -1.99. The zero-order chi connectivity index (χ0) is 9.31. The van der Waals surface area contributed by atoms with Gasteiger partial charge in [-0.1, -0.05) is 12.1 Å². The molecule has 1 aliphatic heterocycles. The van der Waals surface area contributed by atoms with Gasteiger partial charge < -0.3 is 14.0 Å². The van der Waals surface area contributed by atoms with E-state index < -0.39 is 7.14 Å². The molecule has 0 saturated heterocycles. The topological polar surface area (TPSA) is 35.5 Å². The Morgan fingerprint density at radius 3 is 2.08 bits per heavy atom. The molecule has 1 heterocycles. The lowest BCUT2D eigenvalue weighted by molar-refractivity contribution is 0.355. The molecule has 2 rings (SSSR count). The monoisotopic (exact) mass is 198 g/mol. The molecule has 0 spiro atoms. The molecule has 1 aliphatic rings. The standard InChI is InChI=1S/C9H11O3P/c1-13(10)6-11-8-4-2-3-5-9(8)12-7-13/h2-5H,6-7H2,1H3. The number of ether oxygens (including phenoxy) is 2. The van der Waals surface area contributed by atoms with Crippen molar-refractivity contribution < 1.29 is 14.0 Å². The Morgan fingerprint density at radius 1 is 1.15 bits per heavy atom. The molecule has 1 aromatic carbocycles. The first-order valence-electron chi connectivity index (χ1n) is 4.08. The van der Waals surface area contributed by atoms with Crippen LogP contribution in [0.15, 0.2) is 24.3 Å². The van der Waals surface area contributed by atoms with Gasteiger partial charge in [0.15, 0.2) is 18.6 Å². The largest absolute Gasteiger partial charge is 0.482 e. The number of para-hydroxylation sites is 2. The first-order valence-corrected chi connectivity index (χ1v) is 6.60. The number of rotatable bonds is 0. The summed E-state index contributed by atoms with van der Waals surface area (Å²) in [6.45, 7) is 1.69. The minimum absolute atomic E-state index is 0.268. The van der Waals surface area contributed by atoms with Gasteiger partial charge in [-0.2, -0.15) is 0 Å². The summed E-state index contributed by atoms with van der Waals surface area (Å²) in [6.07, 6.45) is 0.536. The van der Waals surface area contributed by atoms with Crippen molar-refractivity contribution in [2.45, 2.75) is 0 Å². The highest BCUT2D eigenvalue weighted by atomic mass is 31.2. The van der Waals surface area contributed by atoms with Crippen molar-refractivity contribution in [3.63, 3.8) is 0 Å². The van der Waals surface area contributed by atoms with E-state index in [-0.39, 0.29) is 12.7 Å². The van der Waals surface area contributed by atoms with Crippen LogP contribution in [0.5, 0.6) is 11.5 Å². The minimum Gasteiger partial charge on any atom is -0.482 e. The highest BCUT2D eigenvalue weighted by Gasteiger charge is 2.22. The van der Waals surface area contributed by atoms with Crippen molar-refractivity contribution in [3.05, 3.63) is 24.3 Å². The third kappa shape index (κ3) is 1.86. The molecule has 0 radical (unpaired) electrons. The van der Waals surface area contributed by atoms with Crippen LogP contribution in [0.25, 0.3) is 0 Å².